The highest BCUT2D eigenvalue weighted by Crippen LogP contribution is 2.10. The van der Waals surface area contributed by atoms with Gasteiger partial charge in [0.15, 0.2) is 0 Å². The minimum Gasteiger partial charge on any atom is -0.377 e. The Morgan fingerprint density at radius 2 is 1.89 bits per heavy atom. The first-order valence-corrected chi connectivity index (χ1v) is 7.27. The van der Waals surface area contributed by atoms with E-state index in [9.17, 15) is 0 Å². The van der Waals surface area contributed by atoms with Crippen molar-refractivity contribution in [1.82, 2.24) is 4.90 Å². The molecule has 0 bridgehead atoms. The maximum Gasteiger partial charge on any atom is 0.0709 e. The fourth-order valence-electron chi connectivity index (χ4n) is 2.15. The maximum absolute atomic E-state index is 5.73. The zero-order valence-corrected chi connectivity index (χ0v) is 12.5. The molecule has 3 heteroatoms. The van der Waals surface area contributed by atoms with Crippen molar-refractivity contribution in [1.29, 1.82) is 0 Å². The minimum absolute atomic E-state index is 0.182. The molecule has 0 heterocycles. The van der Waals surface area contributed by atoms with Gasteiger partial charge in [-0.15, -0.1) is 0 Å². The molecule has 1 atom stereocenters. The quantitative estimate of drug-likeness (QED) is 0.745. The molecule has 3 nitrogen and oxygen atoms in total. The second-order valence-corrected chi connectivity index (χ2v) is 5.15. The van der Waals surface area contributed by atoms with Gasteiger partial charge in [0.2, 0.25) is 0 Å². The molecule has 19 heavy (non-hydrogen) atoms. The van der Waals surface area contributed by atoms with Crippen molar-refractivity contribution in [2.24, 2.45) is 5.73 Å². The van der Waals surface area contributed by atoms with E-state index in [0.29, 0.717) is 12.6 Å². The lowest BCUT2D eigenvalue weighted by Gasteiger charge is -2.28. The second kappa shape index (κ2) is 9.08. The lowest BCUT2D eigenvalue weighted by molar-refractivity contribution is 0.0503. The molecular weight excluding hydrogens is 236 g/mol. The van der Waals surface area contributed by atoms with Gasteiger partial charge in [0.05, 0.1) is 6.10 Å². The Labute approximate surface area is 117 Å². The molecule has 0 radical (unpaired) electrons. The first kappa shape index (κ1) is 16.2. The number of hydrogen-bond acceptors (Lipinski definition) is 3. The van der Waals surface area contributed by atoms with Crippen LogP contribution in [0.3, 0.4) is 0 Å². The number of ether oxygens (including phenoxy) is 1. The molecule has 0 amide bonds. The number of benzene rings is 1. The smallest absolute Gasteiger partial charge is 0.0709 e. The van der Waals surface area contributed by atoms with E-state index in [4.69, 9.17) is 10.5 Å². The largest absolute Gasteiger partial charge is 0.377 e. The summed E-state index contributed by atoms with van der Waals surface area (Å²) in [5.74, 6) is 0. The molecule has 1 rings (SSSR count). The van der Waals surface area contributed by atoms with Gasteiger partial charge in [-0.25, -0.2) is 0 Å². The summed E-state index contributed by atoms with van der Waals surface area (Å²) in [6.45, 7) is 9.85. The predicted molar refractivity (Wildman–Crippen MR) is 81.1 cm³/mol. The highest BCUT2D eigenvalue weighted by atomic mass is 16.5. The van der Waals surface area contributed by atoms with Gasteiger partial charge in [0, 0.05) is 32.3 Å². The SMILES string of the molecule is CCOC(CN)CCN(Cc1ccccc1)C(C)C. The first-order valence-electron chi connectivity index (χ1n) is 7.27. The Bertz CT molecular complexity index is 327. The number of nitrogens with two attached hydrogens (primary N) is 1. The molecule has 2 N–H and O–H groups in total. The van der Waals surface area contributed by atoms with E-state index in [1.54, 1.807) is 0 Å². The van der Waals surface area contributed by atoms with Crippen molar-refractivity contribution in [3.8, 4) is 0 Å². The van der Waals surface area contributed by atoms with Crippen molar-refractivity contribution < 1.29 is 4.74 Å². The van der Waals surface area contributed by atoms with Crippen LogP contribution in [0, 0.1) is 0 Å². The van der Waals surface area contributed by atoms with Crippen LogP contribution in [-0.2, 0) is 11.3 Å². The Balaban J connectivity index is 2.49. The summed E-state index contributed by atoms with van der Waals surface area (Å²) < 4.78 is 5.62. The molecule has 0 aliphatic carbocycles. The lowest BCUT2D eigenvalue weighted by atomic mass is 10.1. The fourth-order valence-corrected chi connectivity index (χ4v) is 2.15. The molecule has 1 aromatic carbocycles. The maximum atomic E-state index is 5.73. The molecule has 0 fully saturated rings. The standard InChI is InChI=1S/C16H28N2O/c1-4-19-16(12-17)10-11-18(14(2)3)13-15-8-6-5-7-9-15/h5-9,14,16H,4,10-13,17H2,1-3H3. The van der Waals surface area contributed by atoms with Crippen LogP contribution >= 0.6 is 0 Å². The van der Waals surface area contributed by atoms with Crippen molar-refractivity contribution >= 4 is 0 Å². The van der Waals surface area contributed by atoms with Gasteiger partial charge in [0.1, 0.15) is 0 Å². The van der Waals surface area contributed by atoms with Crippen molar-refractivity contribution in [3.05, 3.63) is 35.9 Å². The van der Waals surface area contributed by atoms with Gasteiger partial charge in [-0.1, -0.05) is 30.3 Å². The number of nitrogens with zero attached hydrogens (tertiary/aromatic N) is 1. The minimum atomic E-state index is 0.182. The summed E-state index contributed by atoms with van der Waals surface area (Å²) in [5.41, 5.74) is 7.09. The van der Waals surface area contributed by atoms with Gasteiger partial charge in [-0.05, 0) is 32.8 Å². The molecule has 108 valence electrons. The van der Waals surface area contributed by atoms with Crippen molar-refractivity contribution in [3.63, 3.8) is 0 Å². The summed E-state index contributed by atoms with van der Waals surface area (Å²) >= 11 is 0. The second-order valence-electron chi connectivity index (χ2n) is 5.15. The Kier molecular flexibility index (Phi) is 7.72. The highest BCUT2D eigenvalue weighted by Gasteiger charge is 2.13. The summed E-state index contributed by atoms with van der Waals surface area (Å²) in [6, 6.07) is 11.1. The predicted octanol–water partition coefficient (Wildman–Crippen LogP) is 2.65. The molecule has 1 unspecified atom stereocenters. The topological polar surface area (TPSA) is 38.5 Å². The zero-order chi connectivity index (χ0) is 14.1. The number of hydrogen-bond donors (Lipinski definition) is 1. The van der Waals surface area contributed by atoms with Gasteiger partial charge >= 0.3 is 0 Å². The fraction of sp³-hybridized carbons (Fsp3) is 0.625. The van der Waals surface area contributed by atoms with Gasteiger partial charge in [-0.2, -0.15) is 0 Å². The van der Waals surface area contributed by atoms with Crippen LogP contribution in [0.4, 0.5) is 0 Å². The number of rotatable bonds is 9. The van der Waals surface area contributed by atoms with E-state index in [1.165, 1.54) is 5.56 Å². The van der Waals surface area contributed by atoms with Crippen molar-refractivity contribution in [2.45, 2.75) is 45.9 Å². The third kappa shape index (κ3) is 6.19. The lowest BCUT2D eigenvalue weighted by Crippen LogP contribution is -2.35. The van der Waals surface area contributed by atoms with Crippen LogP contribution in [0.2, 0.25) is 0 Å². The Morgan fingerprint density at radius 3 is 2.42 bits per heavy atom. The van der Waals surface area contributed by atoms with Gasteiger partial charge in [0.25, 0.3) is 0 Å². The highest BCUT2D eigenvalue weighted by molar-refractivity contribution is 5.14. The van der Waals surface area contributed by atoms with E-state index < -0.39 is 0 Å². The van der Waals surface area contributed by atoms with E-state index in [0.717, 1.165) is 26.1 Å². The third-order valence-corrected chi connectivity index (χ3v) is 3.36. The molecular formula is C16H28N2O. The monoisotopic (exact) mass is 264 g/mol. The Hall–Kier alpha value is -0.900. The van der Waals surface area contributed by atoms with Crippen LogP contribution in [0.1, 0.15) is 32.8 Å². The van der Waals surface area contributed by atoms with Crippen LogP contribution < -0.4 is 5.73 Å². The van der Waals surface area contributed by atoms with Gasteiger partial charge < -0.3 is 10.5 Å². The summed E-state index contributed by atoms with van der Waals surface area (Å²) in [7, 11) is 0. The first-order chi connectivity index (χ1) is 9.17. The van der Waals surface area contributed by atoms with E-state index in [-0.39, 0.29) is 6.10 Å². The molecule has 0 aliphatic heterocycles. The van der Waals surface area contributed by atoms with Crippen LogP contribution in [0.25, 0.3) is 0 Å². The van der Waals surface area contributed by atoms with Crippen molar-refractivity contribution in [2.75, 3.05) is 19.7 Å². The normalized spacial score (nSPS) is 13.2. The molecule has 0 saturated heterocycles. The van der Waals surface area contributed by atoms with Crippen LogP contribution in [0.5, 0.6) is 0 Å². The third-order valence-electron chi connectivity index (χ3n) is 3.36. The zero-order valence-electron chi connectivity index (χ0n) is 12.5. The molecule has 1 aromatic rings. The van der Waals surface area contributed by atoms with E-state index >= 15 is 0 Å². The van der Waals surface area contributed by atoms with Crippen LogP contribution in [-0.4, -0.2) is 36.7 Å². The molecule has 0 aromatic heterocycles. The average Bonchev–Trinajstić information content (AvgIpc) is 2.42. The Morgan fingerprint density at radius 1 is 1.21 bits per heavy atom. The molecule has 0 spiro atoms. The van der Waals surface area contributed by atoms with E-state index in [2.05, 4.69) is 49.1 Å². The van der Waals surface area contributed by atoms with Gasteiger partial charge in [-0.3, -0.25) is 4.90 Å². The molecule has 0 aliphatic rings. The average molecular weight is 264 g/mol. The summed E-state index contributed by atoms with van der Waals surface area (Å²) in [5, 5.41) is 0. The summed E-state index contributed by atoms with van der Waals surface area (Å²) in [4.78, 5) is 2.47. The van der Waals surface area contributed by atoms with E-state index in [1.807, 2.05) is 6.92 Å². The van der Waals surface area contributed by atoms with Crippen LogP contribution in [0.15, 0.2) is 30.3 Å². The summed E-state index contributed by atoms with van der Waals surface area (Å²) in [6.07, 6.45) is 1.18. The molecule has 0 saturated carbocycles.